The fourth-order valence-corrected chi connectivity index (χ4v) is 3.43. The molecule has 2 heterocycles. The SMILES string of the molecule is O=C1CC(C(=O)N2C[C@@H](F)C[C@H]2CO)CN1Cc1ccccc1. The van der Waals surface area contributed by atoms with E-state index in [2.05, 4.69) is 0 Å². The number of alkyl halides is 1. The van der Waals surface area contributed by atoms with Gasteiger partial charge in [-0.15, -0.1) is 0 Å². The van der Waals surface area contributed by atoms with Gasteiger partial charge in [0.25, 0.3) is 0 Å². The number of carbonyl (C=O) groups is 2. The summed E-state index contributed by atoms with van der Waals surface area (Å²) in [6.45, 7) is 0.630. The zero-order valence-electron chi connectivity index (χ0n) is 12.9. The van der Waals surface area contributed by atoms with Gasteiger partial charge in [-0.25, -0.2) is 4.39 Å². The molecule has 0 saturated carbocycles. The van der Waals surface area contributed by atoms with Crippen LogP contribution >= 0.6 is 0 Å². The summed E-state index contributed by atoms with van der Waals surface area (Å²) in [5, 5.41) is 9.31. The van der Waals surface area contributed by atoms with Gasteiger partial charge >= 0.3 is 0 Å². The van der Waals surface area contributed by atoms with Crippen LogP contribution in [0.2, 0.25) is 0 Å². The first-order valence-electron chi connectivity index (χ1n) is 7.95. The monoisotopic (exact) mass is 320 g/mol. The van der Waals surface area contributed by atoms with Crippen LogP contribution in [0.15, 0.2) is 30.3 Å². The van der Waals surface area contributed by atoms with Gasteiger partial charge in [0.1, 0.15) is 6.17 Å². The number of hydrogen-bond donors (Lipinski definition) is 1. The highest BCUT2D eigenvalue weighted by Gasteiger charge is 2.42. The Bertz CT molecular complexity index is 580. The van der Waals surface area contributed by atoms with Crippen molar-refractivity contribution in [1.82, 2.24) is 9.80 Å². The third-order valence-electron chi connectivity index (χ3n) is 4.64. The summed E-state index contributed by atoms with van der Waals surface area (Å²) in [5.41, 5.74) is 1.02. The number of rotatable bonds is 4. The van der Waals surface area contributed by atoms with Crippen LogP contribution < -0.4 is 0 Å². The Kier molecular flexibility index (Phi) is 4.61. The summed E-state index contributed by atoms with van der Waals surface area (Å²) in [4.78, 5) is 27.8. The first-order chi connectivity index (χ1) is 11.1. The number of nitrogens with zero attached hydrogens (tertiary/aromatic N) is 2. The molecule has 1 aromatic rings. The number of carbonyl (C=O) groups excluding carboxylic acids is 2. The zero-order valence-corrected chi connectivity index (χ0v) is 12.9. The van der Waals surface area contributed by atoms with Crippen molar-refractivity contribution in [3.8, 4) is 0 Å². The minimum absolute atomic E-state index is 0.0213. The minimum atomic E-state index is -1.09. The molecule has 0 spiro atoms. The number of aliphatic hydroxyl groups is 1. The smallest absolute Gasteiger partial charge is 0.228 e. The summed E-state index contributed by atoms with van der Waals surface area (Å²) in [7, 11) is 0. The van der Waals surface area contributed by atoms with Gasteiger partial charge in [-0.3, -0.25) is 9.59 Å². The summed E-state index contributed by atoms with van der Waals surface area (Å²) >= 11 is 0. The lowest BCUT2D eigenvalue weighted by Gasteiger charge is -2.25. The van der Waals surface area contributed by atoms with Crippen LogP contribution in [0.3, 0.4) is 0 Å². The van der Waals surface area contributed by atoms with Crippen molar-refractivity contribution in [2.45, 2.75) is 31.6 Å². The third kappa shape index (κ3) is 3.37. The highest BCUT2D eigenvalue weighted by atomic mass is 19.1. The maximum absolute atomic E-state index is 13.5. The van der Waals surface area contributed by atoms with Crippen molar-refractivity contribution >= 4 is 11.8 Å². The number of aliphatic hydroxyl groups excluding tert-OH is 1. The van der Waals surface area contributed by atoms with E-state index in [1.807, 2.05) is 30.3 Å². The topological polar surface area (TPSA) is 60.9 Å². The van der Waals surface area contributed by atoms with Crippen molar-refractivity contribution in [2.24, 2.45) is 5.92 Å². The van der Waals surface area contributed by atoms with Crippen molar-refractivity contribution in [3.05, 3.63) is 35.9 Å². The molecule has 1 aromatic carbocycles. The van der Waals surface area contributed by atoms with Gasteiger partial charge in [0.05, 0.1) is 25.1 Å². The quantitative estimate of drug-likeness (QED) is 0.899. The second kappa shape index (κ2) is 6.66. The Hall–Kier alpha value is -1.95. The van der Waals surface area contributed by atoms with Crippen LogP contribution in [-0.4, -0.2) is 58.6 Å². The Labute approximate surface area is 134 Å². The average Bonchev–Trinajstić information content (AvgIpc) is 3.11. The van der Waals surface area contributed by atoms with E-state index in [1.165, 1.54) is 4.90 Å². The van der Waals surface area contributed by atoms with Crippen LogP contribution in [0, 0.1) is 5.92 Å². The molecule has 0 radical (unpaired) electrons. The lowest BCUT2D eigenvalue weighted by Crippen LogP contribution is -2.42. The number of halogens is 1. The van der Waals surface area contributed by atoms with Crippen LogP contribution in [0.1, 0.15) is 18.4 Å². The normalized spacial score (nSPS) is 27.7. The average molecular weight is 320 g/mol. The molecule has 0 bridgehead atoms. The number of likely N-dealkylation sites (tertiary alicyclic amines) is 2. The summed E-state index contributed by atoms with van der Waals surface area (Å²) < 4.78 is 13.5. The standard InChI is InChI=1S/C17H21FN2O3/c18-14-7-15(11-21)20(10-14)17(23)13-6-16(22)19(9-13)8-12-4-2-1-3-5-12/h1-5,13-15,21H,6-11H2/t13?,14-,15-/m0/s1. The molecule has 2 fully saturated rings. The summed E-state index contributed by atoms with van der Waals surface area (Å²) in [6, 6.07) is 9.16. The van der Waals surface area contributed by atoms with Gasteiger partial charge in [0, 0.05) is 25.9 Å². The van der Waals surface area contributed by atoms with Crippen molar-refractivity contribution in [2.75, 3.05) is 19.7 Å². The van der Waals surface area contributed by atoms with Crippen LogP contribution in [-0.2, 0) is 16.1 Å². The Morgan fingerprint density at radius 3 is 2.70 bits per heavy atom. The molecule has 1 unspecified atom stereocenters. The van der Waals surface area contributed by atoms with E-state index in [1.54, 1.807) is 4.90 Å². The van der Waals surface area contributed by atoms with E-state index in [4.69, 9.17) is 0 Å². The largest absolute Gasteiger partial charge is 0.394 e. The summed E-state index contributed by atoms with van der Waals surface area (Å²) in [5.74, 6) is -0.706. The predicted molar refractivity (Wildman–Crippen MR) is 82.1 cm³/mol. The van der Waals surface area contributed by atoms with E-state index < -0.39 is 18.1 Å². The molecule has 2 aliphatic rings. The lowest BCUT2D eigenvalue weighted by atomic mass is 10.1. The van der Waals surface area contributed by atoms with Crippen LogP contribution in [0.5, 0.6) is 0 Å². The number of benzene rings is 1. The molecule has 3 atom stereocenters. The molecule has 2 amide bonds. The maximum atomic E-state index is 13.5. The van der Waals surface area contributed by atoms with Crippen LogP contribution in [0.25, 0.3) is 0 Å². The molecule has 124 valence electrons. The Morgan fingerprint density at radius 1 is 1.26 bits per heavy atom. The molecule has 0 aromatic heterocycles. The van der Waals surface area contributed by atoms with E-state index in [-0.39, 0.29) is 37.8 Å². The molecule has 5 nitrogen and oxygen atoms in total. The fraction of sp³-hybridized carbons (Fsp3) is 0.529. The van der Waals surface area contributed by atoms with Crippen molar-refractivity contribution < 1.29 is 19.1 Å². The minimum Gasteiger partial charge on any atom is -0.394 e. The van der Waals surface area contributed by atoms with Crippen molar-refractivity contribution in [3.63, 3.8) is 0 Å². The molecule has 2 saturated heterocycles. The molecular weight excluding hydrogens is 299 g/mol. The van der Waals surface area contributed by atoms with Gasteiger partial charge in [-0.2, -0.15) is 0 Å². The first-order valence-corrected chi connectivity index (χ1v) is 7.95. The molecule has 6 heteroatoms. The van der Waals surface area contributed by atoms with Gasteiger partial charge in [0.2, 0.25) is 11.8 Å². The van der Waals surface area contributed by atoms with Gasteiger partial charge < -0.3 is 14.9 Å². The Balaban J connectivity index is 1.64. The molecule has 23 heavy (non-hydrogen) atoms. The molecule has 2 aliphatic heterocycles. The van der Waals surface area contributed by atoms with Gasteiger partial charge in [0.15, 0.2) is 0 Å². The highest BCUT2D eigenvalue weighted by molar-refractivity contribution is 5.89. The molecule has 3 rings (SSSR count). The van der Waals surface area contributed by atoms with Crippen LogP contribution in [0.4, 0.5) is 4.39 Å². The predicted octanol–water partition coefficient (Wildman–Crippen LogP) is 0.966. The first kappa shape index (κ1) is 15.9. The Morgan fingerprint density at radius 2 is 2.00 bits per heavy atom. The number of amides is 2. The number of hydrogen-bond acceptors (Lipinski definition) is 3. The van der Waals surface area contributed by atoms with E-state index >= 15 is 0 Å². The highest BCUT2D eigenvalue weighted by Crippen LogP contribution is 2.27. The zero-order chi connectivity index (χ0) is 16.4. The second-order valence-corrected chi connectivity index (χ2v) is 6.32. The second-order valence-electron chi connectivity index (χ2n) is 6.32. The summed E-state index contributed by atoms with van der Waals surface area (Å²) in [6.07, 6.45) is -0.748. The van der Waals surface area contributed by atoms with E-state index in [0.717, 1.165) is 5.56 Å². The third-order valence-corrected chi connectivity index (χ3v) is 4.64. The lowest BCUT2D eigenvalue weighted by molar-refractivity contribution is -0.137. The van der Waals surface area contributed by atoms with Gasteiger partial charge in [-0.1, -0.05) is 30.3 Å². The van der Waals surface area contributed by atoms with E-state index in [0.29, 0.717) is 13.1 Å². The van der Waals surface area contributed by atoms with E-state index in [9.17, 15) is 19.1 Å². The van der Waals surface area contributed by atoms with Crippen molar-refractivity contribution in [1.29, 1.82) is 0 Å². The fourth-order valence-electron chi connectivity index (χ4n) is 3.43. The van der Waals surface area contributed by atoms with Gasteiger partial charge in [-0.05, 0) is 5.56 Å². The maximum Gasteiger partial charge on any atom is 0.228 e. The molecular formula is C17H21FN2O3. The molecule has 1 N–H and O–H groups in total. The molecule has 0 aliphatic carbocycles.